The van der Waals surface area contributed by atoms with Crippen LogP contribution in [0.25, 0.3) is 0 Å². The van der Waals surface area contributed by atoms with Crippen molar-refractivity contribution < 1.29 is 9.90 Å². The van der Waals surface area contributed by atoms with Gasteiger partial charge in [0.15, 0.2) is 5.16 Å². The molecular weight excluding hydrogens is 421 g/mol. The summed E-state index contributed by atoms with van der Waals surface area (Å²) in [6.07, 6.45) is 0. The van der Waals surface area contributed by atoms with Crippen LogP contribution in [0.4, 0.5) is 5.69 Å². The molecule has 2 rings (SSSR count). The van der Waals surface area contributed by atoms with Crippen LogP contribution in [-0.4, -0.2) is 26.3 Å². The fourth-order valence-electron chi connectivity index (χ4n) is 2.05. The highest BCUT2D eigenvalue weighted by molar-refractivity contribution is 7.99. The molecule has 0 bridgehead atoms. The van der Waals surface area contributed by atoms with Crippen LogP contribution in [0.1, 0.15) is 13.8 Å². The van der Waals surface area contributed by atoms with Crippen LogP contribution < -0.4 is 10.9 Å². The topological polar surface area (TPSA) is 84.2 Å². The summed E-state index contributed by atoms with van der Waals surface area (Å²) in [5, 5.41) is 13.3. The first-order chi connectivity index (χ1) is 12.2. The second-order valence-electron chi connectivity index (χ2n) is 5.82. The Balaban J connectivity index is 2.12. The lowest BCUT2D eigenvalue weighted by atomic mass is 10.2. The van der Waals surface area contributed by atoms with Crippen LogP contribution in [0.5, 0.6) is 5.88 Å². The first kappa shape index (κ1) is 20.9. The highest BCUT2D eigenvalue weighted by Gasteiger charge is 2.14. The molecule has 140 valence electrons. The van der Waals surface area contributed by atoms with Crippen LogP contribution in [-0.2, 0) is 11.3 Å². The predicted molar refractivity (Wildman–Crippen MR) is 106 cm³/mol. The average Bonchev–Trinajstić information content (AvgIpc) is 2.53. The first-order valence-electron chi connectivity index (χ1n) is 7.55. The predicted octanol–water partition coefficient (Wildman–Crippen LogP) is 4.30. The summed E-state index contributed by atoms with van der Waals surface area (Å²) in [4.78, 5) is 28.2. The van der Waals surface area contributed by atoms with E-state index < -0.39 is 0 Å². The van der Waals surface area contributed by atoms with Crippen LogP contribution in [0.15, 0.2) is 28.2 Å². The van der Waals surface area contributed by atoms with Crippen molar-refractivity contribution in [2.75, 3.05) is 11.1 Å². The molecule has 2 aromatic rings. The van der Waals surface area contributed by atoms with Gasteiger partial charge < -0.3 is 10.4 Å². The smallest absolute Gasteiger partial charge is 0.257 e. The lowest BCUT2D eigenvalue weighted by molar-refractivity contribution is -0.113. The quantitative estimate of drug-likeness (QED) is 0.401. The van der Waals surface area contributed by atoms with Gasteiger partial charge in [-0.1, -0.05) is 60.4 Å². The van der Waals surface area contributed by atoms with E-state index in [0.29, 0.717) is 12.2 Å². The van der Waals surface area contributed by atoms with E-state index in [1.54, 1.807) is 0 Å². The largest absolute Gasteiger partial charge is 0.493 e. The molecule has 1 aromatic carbocycles. The molecule has 0 unspecified atom stereocenters. The number of nitrogens with one attached hydrogen (secondary N) is 1. The van der Waals surface area contributed by atoms with Crippen LogP contribution in [0.3, 0.4) is 0 Å². The van der Waals surface area contributed by atoms with Crippen LogP contribution in [0, 0.1) is 5.92 Å². The lowest BCUT2D eigenvalue weighted by Crippen LogP contribution is -2.25. The fourth-order valence-corrected chi connectivity index (χ4v) is 3.46. The first-order valence-corrected chi connectivity index (χ1v) is 9.67. The summed E-state index contributed by atoms with van der Waals surface area (Å²) >= 11 is 18.8. The Morgan fingerprint density at radius 2 is 1.88 bits per heavy atom. The summed E-state index contributed by atoms with van der Waals surface area (Å²) in [6.45, 7) is 4.33. The average molecular weight is 437 g/mol. The monoisotopic (exact) mass is 435 g/mol. The fraction of sp³-hybridized carbons (Fsp3) is 0.312. The molecule has 1 aromatic heterocycles. The summed E-state index contributed by atoms with van der Waals surface area (Å²) in [5.41, 5.74) is -0.0447. The van der Waals surface area contributed by atoms with Crippen molar-refractivity contribution >= 4 is 58.2 Å². The Hall–Kier alpha value is -1.41. The number of carbonyl (C=O) groups is 1. The number of nitrogens with zero attached hydrogens (tertiary/aromatic N) is 2. The molecule has 0 aliphatic carbocycles. The summed E-state index contributed by atoms with van der Waals surface area (Å²) < 4.78 is 1.43. The zero-order valence-electron chi connectivity index (χ0n) is 13.9. The van der Waals surface area contributed by atoms with E-state index >= 15 is 0 Å². The molecule has 1 heterocycles. The number of hydrogen-bond donors (Lipinski definition) is 2. The van der Waals surface area contributed by atoms with E-state index in [1.807, 2.05) is 13.8 Å². The van der Waals surface area contributed by atoms with Gasteiger partial charge >= 0.3 is 0 Å². The van der Waals surface area contributed by atoms with Crippen molar-refractivity contribution in [3.8, 4) is 5.88 Å². The van der Waals surface area contributed by atoms with Gasteiger partial charge in [0.25, 0.3) is 5.56 Å². The van der Waals surface area contributed by atoms with Crippen molar-refractivity contribution in [1.82, 2.24) is 9.55 Å². The second-order valence-corrected chi connectivity index (χ2v) is 7.99. The van der Waals surface area contributed by atoms with Gasteiger partial charge in [0.2, 0.25) is 11.8 Å². The number of carbonyl (C=O) groups excluding carboxylic acids is 1. The zero-order valence-corrected chi connectivity index (χ0v) is 17.0. The maximum absolute atomic E-state index is 12.2. The van der Waals surface area contributed by atoms with Gasteiger partial charge in [-0.25, -0.2) is 0 Å². The minimum Gasteiger partial charge on any atom is -0.493 e. The Morgan fingerprint density at radius 3 is 2.54 bits per heavy atom. The Morgan fingerprint density at radius 1 is 1.23 bits per heavy atom. The van der Waals surface area contributed by atoms with E-state index in [1.165, 1.54) is 16.7 Å². The number of aromatic nitrogens is 2. The molecule has 0 fully saturated rings. The van der Waals surface area contributed by atoms with Gasteiger partial charge in [-0.3, -0.25) is 14.2 Å². The van der Waals surface area contributed by atoms with Gasteiger partial charge in [0.05, 0.1) is 32.6 Å². The summed E-state index contributed by atoms with van der Waals surface area (Å²) in [7, 11) is 0. The van der Waals surface area contributed by atoms with E-state index in [4.69, 9.17) is 34.8 Å². The van der Waals surface area contributed by atoms with Gasteiger partial charge in [-0.2, -0.15) is 4.98 Å². The van der Waals surface area contributed by atoms with E-state index in [2.05, 4.69) is 10.3 Å². The molecule has 0 saturated heterocycles. The van der Waals surface area contributed by atoms with Crippen molar-refractivity contribution in [3.05, 3.63) is 43.6 Å². The molecule has 10 heteroatoms. The second kappa shape index (κ2) is 8.99. The molecule has 26 heavy (non-hydrogen) atoms. The molecule has 0 aliphatic heterocycles. The van der Waals surface area contributed by atoms with Gasteiger partial charge in [0, 0.05) is 6.54 Å². The number of thioether (sulfide) groups is 1. The van der Waals surface area contributed by atoms with Crippen molar-refractivity contribution in [3.63, 3.8) is 0 Å². The van der Waals surface area contributed by atoms with Crippen molar-refractivity contribution in [1.29, 1.82) is 0 Å². The number of halogens is 3. The van der Waals surface area contributed by atoms with Gasteiger partial charge in [-0.15, -0.1) is 0 Å². The van der Waals surface area contributed by atoms with Crippen molar-refractivity contribution in [2.45, 2.75) is 25.5 Å². The number of anilines is 1. The van der Waals surface area contributed by atoms with E-state index in [-0.39, 0.29) is 49.2 Å². The molecular formula is C16H16Cl3N3O3S. The maximum Gasteiger partial charge on any atom is 0.257 e. The van der Waals surface area contributed by atoms with E-state index in [0.717, 1.165) is 17.8 Å². The highest BCUT2D eigenvalue weighted by atomic mass is 35.5. The number of amides is 1. The van der Waals surface area contributed by atoms with E-state index in [9.17, 15) is 14.7 Å². The SMILES string of the molecule is CC(C)Cn1c(SCC(=O)Nc2cc(Cl)c(Cl)cc2Cl)nc(O)cc1=O. The maximum atomic E-state index is 12.2. The Labute approximate surface area is 169 Å². The van der Waals surface area contributed by atoms with Crippen LogP contribution in [0.2, 0.25) is 15.1 Å². The summed E-state index contributed by atoms with van der Waals surface area (Å²) in [6, 6.07) is 3.93. The minimum absolute atomic E-state index is 0.0371. The Kier molecular flexibility index (Phi) is 7.23. The molecule has 0 spiro atoms. The highest BCUT2D eigenvalue weighted by Crippen LogP contribution is 2.32. The lowest BCUT2D eigenvalue weighted by Gasteiger charge is -2.13. The number of rotatable bonds is 6. The third-order valence-electron chi connectivity index (χ3n) is 3.12. The summed E-state index contributed by atoms with van der Waals surface area (Å²) in [5.74, 6) is -0.596. The number of aromatic hydroxyl groups is 1. The third kappa shape index (κ3) is 5.54. The normalized spacial score (nSPS) is 11.0. The molecule has 0 atom stereocenters. The standard InChI is InChI=1S/C16H16Cl3N3O3S/c1-8(2)6-22-15(25)5-13(23)21-16(22)26-7-14(24)20-12-4-10(18)9(17)3-11(12)19/h3-5,8,23H,6-7H2,1-2H3,(H,20,24). The minimum atomic E-state index is -0.384. The van der Waals surface area contributed by atoms with Gasteiger partial charge in [-0.05, 0) is 18.1 Å². The zero-order chi connectivity index (χ0) is 19.4. The molecule has 0 saturated carbocycles. The van der Waals surface area contributed by atoms with Gasteiger partial charge in [0.1, 0.15) is 0 Å². The molecule has 0 radical (unpaired) electrons. The molecule has 1 amide bonds. The molecule has 6 nitrogen and oxygen atoms in total. The molecule has 0 aliphatic rings. The Bertz CT molecular complexity index is 887. The molecule has 2 N–H and O–H groups in total. The van der Waals surface area contributed by atoms with Crippen LogP contribution >= 0.6 is 46.6 Å². The third-order valence-corrected chi connectivity index (χ3v) is 5.14. The number of hydrogen-bond acceptors (Lipinski definition) is 5. The number of benzene rings is 1. The van der Waals surface area contributed by atoms with Crippen molar-refractivity contribution in [2.24, 2.45) is 5.92 Å².